The number of halogens is 1. The molecule has 2 rings (SSSR count). The minimum atomic E-state index is -0.198. The van der Waals surface area contributed by atoms with Crippen LogP contribution in [0.15, 0.2) is 30.6 Å². The van der Waals surface area contributed by atoms with Crippen LogP contribution >= 0.6 is 11.6 Å². The second kappa shape index (κ2) is 7.04. The molecule has 0 unspecified atom stereocenters. The second-order valence-corrected chi connectivity index (χ2v) is 4.99. The standard InChI is InChI=1S/C15H17ClN4O/c1-3-17-14-5-4-11(16)6-13(14)15(21)20-9-12-8-18-10(2)7-19-12/h4-8,17H,3,9H2,1-2H3,(H,20,21). The Hall–Kier alpha value is -2.14. The molecule has 0 atom stereocenters. The number of rotatable bonds is 5. The number of anilines is 1. The highest BCUT2D eigenvalue weighted by molar-refractivity contribution is 6.31. The molecule has 6 heteroatoms. The average molecular weight is 305 g/mol. The van der Waals surface area contributed by atoms with Crippen molar-refractivity contribution in [3.05, 3.63) is 52.6 Å². The molecule has 2 aromatic rings. The molecule has 0 bridgehead atoms. The average Bonchev–Trinajstić information content (AvgIpc) is 2.48. The maximum atomic E-state index is 12.3. The van der Waals surface area contributed by atoms with E-state index in [4.69, 9.17) is 11.6 Å². The first kappa shape index (κ1) is 15.3. The fourth-order valence-corrected chi connectivity index (χ4v) is 2.00. The molecule has 0 spiro atoms. The summed E-state index contributed by atoms with van der Waals surface area (Å²) in [6.07, 6.45) is 3.32. The molecule has 0 saturated heterocycles. The van der Waals surface area contributed by atoms with Crippen LogP contribution in [0.3, 0.4) is 0 Å². The molecule has 5 nitrogen and oxygen atoms in total. The number of carbonyl (C=O) groups excluding carboxylic acids is 1. The van der Waals surface area contributed by atoms with Gasteiger partial charge in [-0.3, -0.25) is 14.8 Å². The van der Waals surface area contributed by atoms with E-state index >= 15 is 0 Å². The first-order chi connectivity index (χ1) is 10.1. The predicted octanol–water partition coefficient (Wildman–Crippen LogP) is 2.80. The van der Waals surface area contributed by atoms with E-state index in [1.165, 1.54) is 0 Å². The van der Waals surface area contributed by atoms with Gasteiger partial charge in [0.15, 0.2) is 0 Å². The maximum absolute atomic E-state index is 12.3. The maximum Gasteiger partial charge on any atom is 0.253 e. The number of carbonyl (C=O) groups is 1. The number of hydrogen-bond donors (Lipinski definition) is 2. The van der Waals surface area contributed by atoms with Gasteiger partial charge in [0.05, 0.1) is 29.7 Å². The minimum Gasteiger partial charge on any atom is -0.385 e. The Bertz CT molecular complexity index is 628. The molecule has 0 aliphatic rings. The van der Waals surface area contributed by atoms with Gasteiger partial charge in [0.25, 0.3) is 5.91 Å². The van der Waals surface area contributed by atoms with E-state index in [0.29, 0.717) is 22.8 Å². The third-order valence-corrected chi connectivity index (χ3v) is 3.09. The van der Waals surface area contributed by atoms with Crippen LogP contribution in [-0.4, -0.2) is 22.4 Å². The van der Waals surface area contributed by atoms with Crippen LogP contribution in [0, 0.1) is 6.92 Å². The summed E-state index contributed by atoms with van der Waals surface area (Å²) >= 11 is 5.97. The molecule has 0 saturated carbocycles. The van der Waals surface area contributed by atoms with Crippen molar-refractivity contribution in [3.8, 4) is 0 Å². The van der Waals surface area contributed by atoms with E-state index in [9.17, 15) is 4.79 Å². The fourth-order valence-electron chi connectivity index (χ4n) is 1.83. The van der Waals surface area contributed by atoms with Crippen LogP contribution in [0.25, 0.3) is 0 Å². The van der Waals surface area contributed by atoms with Crippen LogP contribution in [0.4, 0.5) is 5.69 Å². The zero-order valence-corrected chi connectivity index (χ0v) is 12.7. The molecule has 0 aliphatic heterocycles. The highest BCUT2D eigenvalue weighted by atomic mass is 35.5. The Balaban J connectivity index is 2.09. The van der Waals surface area contributed by atoms with Gasteiger partial charge in [0.1, 0.15) is 0 Å². The summed E-state index contributed by atoms with van der Waals surface area (Å²) in [5.41, 5.74) is 2.83. The highest BCUT2D eigenvalue weighted by Crippen LogP contribution is 2.20. The van der Waals surface area contributed by atoms with E-state index in [0.717, 1.165) is 17.9 Å². The number of amides is 1. The highest BCUT2D eigenvalue weighted by Gasteiger charge is 2.12. The van der Waals surface area contributed by atoms with Crippen molar-refractivity contribution in [1.82, 2.24) is 15.3 Å². The van der Waals surface area contributed by atoms with Crippen molar-refractivity contribution in [2.24, 2.45) is 0 Å². The van der Waals surface area contributed by atoms with Crippen molar-refractivity contribution in [2.75, 3.05) is 11.9 Å². The normalized spacial score (nSPS) is 10.2. The molecule has 2 N–H and O–H groups in total. The molecule has 0 fully saturated rings. The Kier molecular flexibility index (Phi) is 5.11. The third kappa shape index (κ3) is 4.16. The van der Waals surface area contributed by atoms with Crippen LogP contribution < -0.4 is 10.6 Å². The number of benzene rings is 1. The largest absolute Gasteiger partial charge is 0.385 e. The summed E-state index contributed by atoms with van der Waals surface area (Å²) in [6.45, 7) is 4.89. The topological polar surface area (TPSA) is 66.9 Å². The Morgan fingerprint density at radius 3 is 2.76 bits per heavy atom. The molecular formula is C15H17ClN4O. The fraction of sp³-hybridized carbons (Fsp3) is 0.267. The van der Waals surface area contributed by atoms with Crippen molar-refractivity contribution in [2.45, 2.75) is 20.4 Å². The smallest absolute Gasteiger partial charge is 0.253 e. The molecule has 1 aromatic carbocycles. The number of nitrogens with zero attached hydrogens (tertiary/aromatic N) is 2. The summed E-state index contributed by atoms with van der Waals surface area (Å²) in [7, 11) is 0. The Morgan fingerprint density at radius 1 is 1.29 bits per heavy atom. The quantitative estimate of drug-likeness (QED) is 0.891. The van der Waals surface area contributed by atoms with Crippen LogP contribution in [-0.2, 0) is 6.54 Å². The van der Waals surface area contributed by atoms with Gasteiger partial charge in [-0.1, -0.05) is 11.6 Å². The monoisotopic (exact) mass is 304 g/mol. The van der Waals surface area contributed by atoms with Gasteiger partial charge in [-0.2, -0.15) is 0 Å². The van der Waals surface area contributed by atoms with Crippen molar-refractivity contribution >= 4 is 23.2 Å². The number of aromatic nitrogens is 2. The lowest BCUT2D eigenvalue weighted by Gasteiger charge is -2.11. The zero-order valence-electron chi connectivity index (χ0n) is 12.0. The van der Waals surface area contributed by atoms with Gasteiger partial charge in [0, 0.05) is 23.5 Å². The van der Waals surface area contributed by atoms with E-state index in [1.54, 1.807) is 30.6 Å². The molecule has 21 heavy (non-hydrogen) atoms. The van der Waals surface area contributed by atoms with E-state index in [-0.39, 0.29) is 5.91 Å². The molecule has 1 amide bonds. The molecule has 1 aromatic heterocycles. The lowest BCUT2D eigenvalue weighted by Crippen LogP contribution is -2.24. The summed E-state index contributed by atoms with van der Waals surface area (Å²) in [5, 5.41) is 6.49. The summed E-state index contributed by atoms with van der Waals surface area (Å²) in [4.78, 5) is 20.6. The van der Waals surface area contributed by atoms with Gasteiger partial charge in [-0.15, -0.1) is 0 Å². The third-order valence-electron chi connectivity index (χ3n) is 2.86. The van der Waals surface area contributed by atoms with Crippen LogP contribution in [0.2, 0.25) is 5.02 Å². The van der Waals surface area contributed by atoms with E-state index < -0.39 is 0 Å². The summed E-state index contributed by atoms with van der Waals surface area (Å²) in [5.74, 6) is -0.198. The van der Waals surface area contributed by atoms with Crippen LogP contribution in [0.1, 0.15) is 28.7 Å². The van der Waals surface area contributed by atoms with E-state index in [2.05, 4.69) is 20.6 Å². The number of aryl methyl sites for hydroxylation is 1. The number of nitrogens with one attached hydrogen (secondary N) is 2. The van der Waals surface area contributed by atoms with Gasteiger partial charge in [0.2, 0.25) is 0 Å². The lowest BCUT2D eigenvalue weighted by molar-refractivity contribution is 0.0951. The molecular weight excluding hydrogens is 288 g/mol. The van der Waals surface area contributed by atoms with Gasteiger partial charge < -0.3 is 10.6 Å². The van der Waals surface area contributed by atoms with E-state index in [1.807, 2.05) is 13.8 Å². The first-order valence-corrected chi connectivity index (χ1v) is 7.07. The molecule has 0 aliphatic carbocycles. The molecule has 110 valence electrons. The molecule has 0 radical (unpaired) electrons. The zero-order chi connectivity index (χ0) is 15.2. The van der Waals surface area contributed by atoms with Crippen molar-refractivity contribution in [1.29, 1.82) is 0 Å². The minimum absolute atomic E-state index is 0.198. The van der Waals surface area contributed by atoms with Crippen molar-refractivity contribution in [3.63, 3.8) is 0 Å². The molecule has 1 heterocycles. The first-order valence-electron chi connectivity index (χ1n) is 6.69. The van der Waals surface area contributed by atoms with Crippen molar-refractivity contribution < 1.29 is 4.79 Å². The summed E-state index contributed by atoms with van der Waals surface area (Å²) in [6, 6.07) is 5.20. The van der Waals surface area contributed by atoms with Crippen LogP contribution in [0.5, 0.6) is 0 Å². The Labute approximate surface area is 128 Å². The van der Waals surface area contributed by atoms with Gasteiger partial charge >= 0.3 is 0 Å². The SMILES string of the molecule is CCNc1ccc(Cl)cc1C(=O)NCc1cnc(C)cn1. The number of hydrogen-bond acceptors (Lipinski definition) is 4. The van der Waals surface area contributed by atoms with Gasteiger partial charge in [-0.05, 0) is 32.0 Å². The lowest BCUT2D eigenvalue weighted by atomic mass is 10.1. The Morgan fingerprint density at radius 2 is 2.10 bits per heavy atom. The predicted molar refractivity (Wildman–Crippen MR) is 83.6 cm³/mol. The van der Waals surface area contributed by atoms with Gasteiger partial charge in [-0.25, -0.2) is 0 Å². The summed E-state index contributed by atoms with van der Waals surface area (Å²) < 4.78 is 0. The second-order valence-electron chi connectivity index (χ2n) is 4.55.